The van der Waals surface area contributed by atoms with Gasteiger partial charge in [-0.2, -0.15) is 0 Å². The molecule has 0 saturated carbocycles. The molecule has 0 spiro atoms. The van der Waals surface area contributed by atoms with Crippen LogP contribution in [-0.4, -0.2) is 20.6 Å². The number of nitrogens with one attached hydrogen (secondary N) is 1. The summed E-state index contributed by atoms with van der Waals surface area (Å²) in [4.78, 5) is 12.9. The Bertz CT molecular complexity index is 617. The summed E-state index contributed by atoms with van der Waals surface area (Å²) in [5, 5.41) is 16.1. The Balaban J connectivity index is 2.27. The summed E-state index contributed by atoms with van der Waals surface area (Å²) in [7, 11) is 0. The molecule has 0 saturated heterocycles. The number of para-hydroxylation sites is 1. The van der Waals surface area contributed by atoms with E-state index in [1.54, 1.807) is 12.1 Å². The number of amides is 1. The molecular weight excluding hydrogens is 274 g/mol. The number of hydrogen-bond acceptors (Lipinski definition) is 5. The van der Waals surface area contributed by atoms with Crippen LogP contribution in [0.15, 0.2) is 24.3 Å². The van der Waals surface area contributed by atoms with Gasteiger partial charge in [0.25, 0.3) is 5.91 Å². The highest BCUT2D eigenvalue weighted by molar-refractivity contribution is 7.08. The number of anilines is 1. The fraction of sp³-hybridized carbons (Fsp3) is 0.357. The molecule has 1 heterocycles. The molecule has 2 rings (SSSR count). The topological polar surface area (TPSA) is 75.1 Å². The summed E-state index contributed by atoms with van der Waals surface area (Å²) in [5.41, 5.74) is 1.72. The molecule has 0 fully saturated rings. The molecule has 0 unspecified atom stereocenters. The molecule has 5 nitrogen and oxygen atoms in total. The van der Waals surface area contributed by atoms with Crippen LogP contribution >= 0.6 is 11.5 Å². The highest BCUT2D eigenvalue weighted by Gasteiger charge is 2.26. The third-order valence-corrected chi connectivity index (χ3v) is 3.57. The van der Waals surface area contributed by atoms with Crippen LogP contribution in [0.2, 0.25) is 0 Å². The van der Waals surface area contributed by atoms with Gasteiger partial charge in [-0.15, -0.1) is 5.10 Å². The second-order valence-corrected chi connectivity index (χ2v) is 6.22. The van der Waals surface area contributed by atoms with Crippen LogP contribution in [0.3, 0.4) is 0 Å². The van der Waals surface area contributed by atoms with Crippen LogP contribution in [0.1, 0.15) is 41.7 Å². The van der Waals surface area contributed by atoms with Crippen LogP contribution in [-0.2, 0) is 12.0 Å². The number of aliphatic hydroxyl groups is 1. The molecule has 6 heteroatoms. The molecule has 2 N–H and O–H groups in total. The summed E-state index contributed by atoms with van der Waals surface area (Å²) >= 11 is 1.08. The molecule has 0 radical (unpaired) electrons. The second-order valence-electron chi connectivity index (χ2n) is 5.47. The fourth-order valence-corrected chi connectivity index (χ4v) is 2.56. The number of benzene rings is 1. The first kappa shape index (κ1) is 14.6. The number of carbonyl (C=O) groups excluding carboxylic acids is 1. The van der Waals surface area contributed by atoms with Gasteiger partial charge in [-0.3, -0.25) is 4.79 Å². The third kappa shape index (κ3) is 3.02. The lowest BCUT2D eigenvalue weighted by Gasteiger charge is -2.16. The minimum Gasteiger partial charge on any atom is -0.392 e. The Morgan fingerprint density at radius 2 is 2.05 bits per heavy atom. The van der Waals surface area contributed by atoms with E-state index in [1.807, 2.05) is 32.9 Å². The first-order valence-electron chi connectivity index (χ1n) is 6.26. The maximum atomic E-state index is 12.3. The van der Waals surface area contributed by atoms with E-state index in [2.05, 4.69) is 14.9 Å². The average Bonchev–Trinajstić information content (AvgIpc) is 2.88. The van der Waals surface area contributed by atoms with Crippen molar-refractivity contribution >= 4 is 23.1 Å². The van der Waals surface area contributed by atoms with Gasteiger partial charge in [0.05, 0.1) is 12.3 Å². The van der Waals surface area contributed by atoms with Gasteiger partial charge in [-0.05, 0) is 17.6 Å². The van der Waals surface area contributed by atoms with Gasteiger partial charge in [-0.25, -0.2) is 0 Å². The summed E-state index contributed by atoms with van der Waals surface area (Å²) in [5.74, 6) is -0.245. The number of aromatic nitrogens is 2. The third-order valence-electron chi connectivity index (χ3n) is 2.84. The number of carbonyl (C=O) groups is 1. The van der Waals surface area contributed by atoms with Crippen molar-refractivity contribution in [3.63, 3.8) is 0 Å². The average molecular weight is 291 g/mol. The summed E-state index contributed by atoms with van der Waals surface area (Å²) in [6.45, 7) is 5.84. The second kappa shape index (κ2) is 5.68. The Morgan fingerprint density at radius 1 is 1.35 bits per heavy atom. The van der Waals surface area contributed by atoms with E-state index in [4.69, 9.17) is 0 Å². The zero-order valence-electron chi connectivity index (χ0n) is 11.7. The van der Waals surface area contributed by atoms with Gasteiger partial charge in [0.1, 0.15) is 4.88 Å². The van der Waals surface area contributed by atoms with Gasteiger partial charge in [0.2, 0.25) is 0 Å². The van der Waals surface area contributed by atoms with E-state index in [0.717, 1.165) is 11.5 Å². The number of aliphatic hydroxyl groups excluding tert-OH is 1. The number of hydrogen-bond donors (Lipinski definition) is 2. The lowest BCUT2D eigenvalue weighted by molar-refractivity contribution is 0.102. The summed E-state index contributed by atoms with van der Waals surface area (Å²) < 4.78 is 3.88. The van der Waals surface area contributed by atoms with Gasteiger partial charge in [-0.1, -0.05) is 43.5 Å². The quantitative estimate of drug-likeness (QED) is 0.911. The lowest BCUT2D eigenvalue weighted by atomic mass is 9.91. The van der Waals surface area contributed by atoms with E-state index in [0.29, 0.717) is 21.8 Å². The normalized spacial score (nSPS) is 11.4. The molecule has 1 amide bonds. The first-order valence-corrected chi connectivity index (χ1v) is 7.03. The summed E-state index contributed by atoms with van der Waals surface area (Å²) in [6.07, 6.45) is 0. The zero-order chi connectivity index (χ0) is 14.8. The van der Waals surface area contributed by atoms with Crippen molar-refractivity contribution < 1.29 is 9.90 Å². The van der Waals surface area contributed by atoms with Crippen LogP contribution in [0.25, 0.3) is 0 Å². The summed E-state index contributed by atoms with van der Waals surface area (Å²) in [6, 6.07) is 7.15. The Kier molecular flexibility index (Phi) is 4.15. The van der Waals surface area contributed by atoms with Gasteiger partial charge >= 0.3 is 0 Å². The van der Waals surface area contributed by atoms with E-state index in [-0.39, 0.29) is 17.9 Å². The molecule has 1 aromatic heterocycles. The van der Waals surface area contributed by atoms with Crippen LogP contribution < -0.4 is 5.32 Å². The SMILES string of the molecule is CC(C)(C)c1nnsc1C(=O)Nc1ccccc1CO. The first-order chi connectivity index (χ1) is 9.43. The van der Waals surface area contributed by atoms with Crippen LogP contribution in [0.4, 0.5) is 5.69 Å². The predicted molar refractivity (Wildman–Crippen MR) is 78.9 cm³/mol. The molecule has 0 aliphatic carbocycles. The molecule has 1 aromatic carbocycles. The van der Waals surface area contributed by atoms with Gasteiger partial charge in [0, 0.05) is 16.7 Å². The zero-order valence-corrected chi connectivity index (χ0v) is 12.5. The standard InChI is InChI=1S/C14H17N3O2S/c1-14(2,3)12-11(20-17-16-12)13(19)15-10-7-5-4-6-9(10)8-18/h4-7,18H,8H2,1-3H3,(H,15,19). The van der Waals surface area contributed by atoms with Crippen molar-refractivity contribution in [2.75, 3.05) is 5.32 Å². The largest absolute Gasteiger partial charge is 0.392 e. The van der Waals surface area contributed by atoms with E-state index < -0.39 is 0 Å². The molecule has 0 aliphatic rings. The van der Waals surface area contributed by atoms with Gasteiger partial charge < -0.3 is 10.4 Å². The highest BCUT2D eigenvalue weighted by atomic mass is 32.1. The molecule has 0 atom stereocenters. The predicted octanol–water partition coefficient (Wildman–Crippen LogP) is 2.58. The number of nitrogens with zero attached hydrogens (tertiary/aromatic N) is 2. The monoisotopic (exact) mass is 291 g/mol. The minimum atomic E-state index is -0.245. The van der Waals surface area contributed by atoms with Crippen molar-refractivity contribution in [3.8, 4) is 0 Å². The van der Waals surface area contributed by atoms with Crippen molar-refractivity contribution in [1.82, 2.24) is 9.59 Å². The maximum absolute atomic E-state index is 12.3. The maximum Gasteiger partial charge on any atom is 0.269 e. The molecule has 0 bridgehead atoms. The van der Waals surface area contributed by atoms with Crippen LogP contribution in [0, 0.1) is 0 Å². The van der Waals surface area contributed by atoms with Crippen molar-refractivity contribution in [2.45, 2.75) is 32.8 Å². The van der Waals surface area contributed by atoms with E-state index in [9.17, 15) is 9.90 Å². The van der Waals surface area contributed by atoms with E-state index in [1.165, 1.54) is 0 Å². The van der Waals surface area contributed by atoms with Crippen molar-refractivity contribution in [1.29, 1.82) is 0 Å². The minimum absolute atomic E-state index is 0.122. The van der Waals surface area contributed by atoms with Crippen molar-refractivity contribution in [2.24, 2.45) is 0 Å². The molecule has 0 aliphatic heterocycles. The molecule has 20 heavy (non-hydrogen) atoms. The molecule has 106 valence electrons. The number of rotatable bonds is 3. The lowest BCUT2D eigenvalue weighted by Crippen LogP contribution is -2.20. The van der Waals surface area contributed by atoms with Crippen molar-refractivity contribution in [3.05, 3.63) is 40.4 Å². The molecule has 2 aromatic rings. The van der Waals surface area contributed by atoms with Gasteiger partial charge in [0.15, 0.2) is 0 Å². The van der Waals surface area contributed by atoms with E-state index >= 15 is 0 Å². The fourth-order valence-electron chi connectivity index (χ4n) is 1.79. The molecular formula is C14H17N3O2S. The smallest absolute Gasteiger partial charge is 0.269 e. The van der Waals surface area contributed by atoms with Crippen LogP contribution in [0.5, 0.6) is 0 Å². The highest BCUT2D eigenvalue weighted by Crippen LogP contribution is 2.27. The Hall–Kier alpha value is -1.79. The Morgan fingerprint density at radius 3 is 2.70 bits per heavy atom. The Labute approximate surface area is 121 Å².